The van der Waals surface area contributed by atoms with Crippen molar-refractivity contribution in [3.8, 4) is 28.1 Å². The molecular formula is C47H35N3. The predicted molar refractivity (Wildman–Crippen MR) is 210 cm³/mol. The van der Waals surface area contributed by atoms with E-state index in [9.17, 15) is 0 Å². The van der Waals surface area contributed by atoms with Gasteiger partial charge in [-0.05, 0) is 90.9 Å². The van der Waals surface area contributed by atoms with Crippen LogP contribution in [-0.4, -0.2) is 14.1 Å². The minimum atomic E-state index is 0.972. The Bertz CT molecular complexity index is 2640. The Morgan fingerprint density at radius 3 is 1.94 bits per heavy atom. The van der Waals surface area contributed by atoms with Crippen molar-refractivity contribution in [3.05, 3.63) is 175 Å². The molecule has 2 aliphatic rings. The first-order chi connectivity index (χ1) is 24.8. The molecule has 50 heavy (non-hydrogen) atoms. The van der Waals surface area contributed by atoms with Crippen molar-refractivity contribution in [1.29, 1.82) is 0 Å². The molecule has 238 valence electrons. The highest BCUT2D eigenvalue weighted by atomic mass is 15.0. The summed E-state index contributed by atoms with van der Waals surface area (Å²) < 4.78 is 4.92. The second-order valence-electron chi connectivity index (χ2n) is 13.4. The number of fused-ring (bicyclic) bond motifs is 6. The van der Waals surface area contributed by atoms with Gasteiger partial charge in [0.25, 0.3) is 0 Å². The highest BCUT2D eigenvalue weighted by molar-refractivity contribution is 6.09. The first-order valence-electron chi connectivity index (χ1n) is 17.7. The number of hydrogen-bond acceptors (Lipinski definition) is 1. The quantitative estimate of drug-likeness (QED) is 0.183. The molecule has 3 heteroatoms. The zero-order valence-electron chi connectivity index (χ0n) is 27.8. The molecule has 0 amide bonds. The van der Waals surface area contributed by atoms with Crippen LogP contribution in [0.25, 0.3) is 78.1 Å². The van der Waals surface area contributed by atoms with Crippen molar-refractivity contribution in [1.82, 2.24) is 14.1 Å². The fraction of sp³-hybridized carbons (Fsp3) is 0.0851. The largest absolute Gasteiger partial charge is 0.317 e. The number of rotatable bonds is 5. The molecule has 0 bridgehead atoms. The average molecular weight is 642 g/mol. The molecule has 10 rings (SSSR count). The van der Waals surface area contributed by atoms with Crippen LogP contribution in [0.5, 0.6) is 0 Å². The van der Waals surface area contributed by atoms with Crippen LogP contribution < -0.4 is 0 Å². The molecule has 0 radical (unpaired) electrons. The molecule has 3 aromatic heterocycles. The van der Waals surface area contributed by atoms with E-state index in [1.807, 2.05) is 0 Å². The molecule has 0 fully saturated rings. The second kappa shape index (κ2) is 11.7. The fourth-order valence-corrected chi connectivity index (χ4v) is 8.17. The van der Waals surface area contributed by atoms with Gasteiger partial charge in [0.2, 0.25) is 0 Å². The van der Waals surface area contributed by atoms with Gasteiger partial charge in [-0.1, -0.05) is 115 Å². The van der Waals surface area contributed by atoms with Crippen molar-refractivity contribution in [2.24, 2.45) is 0 Å². The first-order valence-corrected chi connectivity index (χ1v) is 17.7. The summed E-state index contributed by atoms with van der Waals surface area (Å²) in [4.78, 5) is 5.42. The van der Waals surface area contributed by atoms with Crippen LogP contribution in [0.3, 0.4) is 0 Å². The lowest BCUT2D eigenvalue weighted by molar-refractivity contribution is 0.864. The van der Waals surface area contributed by atoms with Crippen LogP contribution in [-0.2, 0) is 6.42 Å². The van der Waals surface area contributed by atoms with Gasteiger partial charge in [0.15, 0.2) is 0 Å². The van der Waals surface area contributed by atoms with Gasteiger partial charge in [0.05, 0.1) is 27.9 Å². The number of para-hydroxylation sites is 3. The Labute approximate surface area is 291 Å². The van der Waals surface area contributed by atoms with Gasteiger partial charge in [-0.3, -0.25) is 0 Å². The summed E-state index contributed by atoms with van der Waals surface area (Å²) in [6.07, 6.45) is 13.5. The smallest absolute Gasteiger partial charge is 0.0716 e. The number of pyridine rings is 1. The van der Waals surface area contributed by atoms with Gasteiger partial charge in [-0.2, -0.15) is 0 Å². The first kappa shape index (κ1) is 28.8. The summed E-state index contributed by atoms with van der Waals surface area (Å²) in [5.74, 6) is 0. The van der Waals surface area contributed by atoms with Crippen molar-refractivity contribution < 1.29 is 0 Å². The Hall–Kier alpha value is -6.19. The van der Waals surface area contributed by atoms with Crippen LogP contribution in [0.1, 0.15) is 36.2 Å². The van der Waals surface area contributed by atoms with Crippen LogP contribution in [0.4, 0.5) is 0 Å². The number of benzene rings is 5. The van der Waals surface area contributed by atoms with Gasteiger partial charge in [0.1, 0.15) is 0 Å². The SMILES string of the molecule is C1=Cc2c(n(C3=CC(c4cc(-c5ccccc5)cc(-c5cccc(-n6c7ccccc7c7ccccc76)c5)n4)=CCC3)c3ccccc23)CC1. The molecule has 8 aromatic rings. The predicted octanol–water partition coefficient (Wildman–Crippen LogP) is 12.1. The third-order valence-corrected chi connectivity index (χ3v) is 10.4. The van der Waals surface area contributed by atoms with E-state index in [-0.39, 0.29) is 0 Å². The molecule has 0 aliphatic heterocycles. The zero-order chi connectivity index (χ0) is 33.0. The summed E-state index contributed by atoms with van der Waals surface area (Å²) in [6.45, 7) is 0. The number of hydrogen-bond donors (Lipinski definition) is 0. The van der Waals surface area contributed by atoms with E-state index in [0.717, 1.165) is 48.3 Å². The van der Waals surface area contributed by atoms with E-state index >= 15 is 0 Å². The van der Waals surface area contributed by atoms with E-state index < -0.39 is 0 Å². The Balaban J connectivity index is 1.13. The minimum Gasteiger partial charge on any atom is -0.317 e. The molecule has 0 atom stereocenters. The van der Waals surface area contributed by atoms with Gasteiger partial charge in [-0.25, -0.2) is 4.98 Å². The van der Waals surface area contributed by atoms with Crippen LogP contribution in [0.2, 0.25) is 0 Å². The molecular weight excluding hydrogens is 607 g/mol. The third-order valence-electron chi connectivity index (χ3n) is 10.4. The topological polar surface area (TPSA) is 22.8 Å². The van der Waals surface area contributed by atoms with Gasteiger partial charge < -0.3 is 9.13 Å². The van der Waals surface area contributed by atoms with Crippen molar-refractivity contribution in [3.63, 3.8) is 0 Å². The van der Waals surface area contributed by atoms with Gasteiger partial charge >= 0.3 is 0 Å². The summed E-state index contributed by atoms with van der Waals surface area (Å²) in [5, 5.41) is 3.87. The molecule has 0 spiro atoms. The highest BCUT2D eigenvalue weighted by Crippen LogP contribution is 2.39. The van der Waals surface area contributed by atoms with E-state index in [2.05, 4.69) is 173 Å². The lowest BCUT2D eigenvalue weighted by Gasteiger charge is -2.20. The zero-order valence-corrected chi connectivity index (χ0v) is 27.8. The molecule has 3 heterocycles. The lowest BCUT2D eigenvalue weighted by Crippen LogP contribution is -2.07. The summed E-state index contributed by atoms with van der Waals surface area (Å²) in [7, 11) is 0. The molecule has 0 saturated heterocycles. The molecule has 5 aromatic carbocycles. The lowest BCUT2D eigenvalue weighted by atomic mass is 9.96. The summed E-state index contributed by atoms with van der Waals surface area (Å²) >= 11 is 0. The van der Waals surface area contributed by atoms with Crippen LogP contribution in [0, 0.1) is 0 Å². The minimum absolute atomic E-state index is 0.972. The second-order valence-corrected chi connectivity index (χ2v) is 13.4. The normalized spacial score (nSPS) is 14.2. The maximum atomic E-state index is 5.42. The molecule has 3 nitrogen and oxygen atoms in total. The maximum absolute atomic E-state index is 5.42. The Morgan fingerprint density at radius 2 is 1.16 bits per heavy atom. The van der Waals surface area contributed by atoms with Crippen LogP contribution in [0.15, 0.2) is 158 Å². The van der Waals surface area contributed by atoms with Gasteiger partial charge in [0, 0.05) is 44.4 Å². The summed E-state index contributed by atoms with van der Waals surface area (Å²) in [5.41, 5.74) is 15.6. The molecule has 0 unspecified atom stereocenters. The highest BCUT2D eigenvalue weighted by Gasteiger charge is 2.22. The van der Waals surface area contributed by atoms with Gasteiger partial charge in [-0.15, -0.1) is 0 Å². The number of aromatic nitrogens is 3. The van der Waals surface area contributed by atoms with E-state index in [0.29, 0.717) is 0 Å². The van der Waals surface area contributed by atoms with E-state index in [1.165, 1.54) is 66.4 Å². The molecule has 0 saturated carbocycles. The van der Waals surface area contributed by atoms with Crippen molar-refractivity contribution in [2.45, 2.75) is 25.7 Å². The Morgan fingerprint density at radius 1 is 0.500 bits per heavy atom. The molecule has 0 N–H and O–H groups in total. The van der Waals surface area contributed by atoms with E-state index in [1.54, 1.807) is 0 Å². The molecule has 2 aliphatic carbocycles. The van der Waals surface area contributed by atoms with E-state index in [4.69, 9.17) is 4.98 Å². The van der Waals surface area contributed by atoms with Crippen LogP contribution >= 0.6 is 0 Å². The maximum Gasteiger partial charge on any atom is 0.0716 e. The average Bonchev–Trinajstić information content (AvgIpc) is 3.71. The fourth-order valence-electron chi connectivity index (χ4n) is 8.17. The standard InChI is InChI=1S/C47H35N3/c1-2-14-32(15-3-1)35-30-42(33-16-12-18-36(28-33)49-44-24-8-4-20-38(44)39-21-5-9-25-45(39)49)48-43(31-35)34-17-13-19-37(29-34)50-46-26-10-6-22-40(46)41-23-7-11-27-47(41)50/h1-10,12,14-18,20-26,28-31H,11,13,19,27H2. The monoisotopic (exact) mass is 641 g/mol. The summed E-state index contributed by atoms with van der Waals surface area (Å²) in [6, 6.07) is 50.3. The van der Waals surface area contributed by atoms with Crippen molar-refractivity contribution >= 4 is 50.1 Å². The Kier molecular flexibility index (Phi) is 6.76. The number of allylic oxidation sites excluding steroid dienone is 5. The van der Waals surface area contributed by atoms with Crippen molar-refractivity contribution in [2.75, 3.05) is 0 Å². The third kappa shape index (κ3) is 4.69. The number of nitrogens with zero attached hydrogens (tertiary/aromatic N) is 3.